The van der Waals surface area contributed by atoms with Crippen LogP contribution in [0.25, 0.3) is 10.9 Å². The van der Waals surface area contributed by atoms with Crippen LogP contribution in [0.5, 0.6) is 0 Å². The van der Waals surface area contributed by atoms with Crippen molar-refractivity contribution in [2.24, 2.45) is 0 Å². The van der Waals surface area contributed by atoms with Crippen LogP contribution in [0.3, 0.4) is 0 Å². The standard InChI is InChI=1S/C13H15N3O3/c1-3-19-13(18)11-9-5-4-8(15-7(2)17)6-10(9)16-12(11)14/h4-6,16H,3,14H2,1-2H3,(H,15,17). The summed E-state index contributed by atoms with van der Waals surface area (Å²) in [6, 6.07) is 5.15. The number of nitrogens with one attached hydrogen (secondary N) is 2. The largest absolute Gasteiger partial charge is 0.462 e. The van der Waals surface area contributed by atoms with Gasteiger partial charge in [0.1, 0.15) is 11.4 Å². The van der Waals surface area contributed by atoms with Crippen LogP contribution in [0, 0.1) is 0 Å². The van der Waals surface area contributed by atoms with Crippen LogP contribution in [0.15, 0.2) is 18.2 Å². The van der Waals surface area contributed by atoms with E-state index in [-0.39, 0.29) is 18.3 Å². The van der Waals surface area contributed by atoms with Crippen molar-refractivity contribution in [3.63, 3.8) is 0 Å². The topological polar surface area (TPSA) is 97.2 Å². The van der Waals surface area contributed by atoms with Gasteiger partial charge in [-0.15, -0.1) is 0 Å². The van der Waals surface area contributed by atoms with Crippen molar-refractivity contribution >= 4 is 34.3 Å². The number of anilines is 2. The van der Waals surface area contributed by atoms with Gasteiger partial charge < -0.3 is 20.8 Å². The van der Waals surface area contributed by atoms with Gasteiger partial charge in [-0.1, -0.05) is 0 Å². The fourth-order valence-corrected chi connectivity index (χ4v) is 1.92. The first-order valence-electron chi connectivity index (χ1n) is 5.88. The molecule has 0 saturated carbocycles. The Morgan fingerprint density at radius 3 is 2.79 bits per heavy atom. The smallest absolute Gasteiger partial charge is 0.342 e. The first kappa shape index (κ1) is 12.9. The van der Waals surface area contributed by atoms with E-state index in [1.54, 1.807) is 25.1 Å². The van der Waals surface area contributed by atoms with Gasteiger partial charge in [-0.3, -0.25) is 4.79 Å². The van der Waals surface area contributed by atoms with Crippen LogP contribution in [-0.2, 0) is 9.53 Å². The first-order valence-corrected chi connectivity index (χ1v) is 5.88. The number of amides is 1. The van der Waals surface area contributed by atoms with E-state index in [1.165, 1.54) is 6.92 Å². The molecule has 0 saturated heterocycles. The number of H-pyrrole nitrogens is 1. The van der Waals surface area contributed by atoms with E-state index in [9.17, 15) is 9.59 Å². The molecule has 1 heterocycles. The third-order valence-electron chi connectivity index (χ3n) is 2.63. The van der Waals surface area contributed by atoms with Crippen LogP contribution >= 0.6 is 0 Å². The van der Waals surface area contributed by atoms with Crippen molar-refractivity contribution < 1.29 is 14.3 Å². The van der Waals surface area contributed by atoms with E-state index >= 15 is 0 Å². The molecular weight excluding hydrogens is 246 g/mol. The summed E-state index contributed by atoms with van der Waals surface area (Å²) in [5.74, 6) is -0.364. The minimum Gasteiger partial charge on any atom is -0.462 e. The summed E-state index contributed by atoms with van der Waals surface area (Å²) in [4.78, 5) is 25.7. The van der Waals surface area contributed by atoms with Crippen molar-refractivity contribution in [3.05, 3.63) is 23.8 Å². The third-order valence-corrected chi connectivity index (χ3v) is 2.63. The maximum absolute atomic E-state index is 11.8. The maximum Gasteiger partial charge on any atom is 0.342 e. The molecule has 1 aromatic carbocycles. The number of rotatable bonds is 3. The van der Waals surface area contributed by atoms with Crippen molar-refractivity contribution in [2.75, 3.05) is 17.7 Å². The predicted octanol–water partition coefficient (Wildman–Crippen LogP) is 1.89. The molecule has 0 aliphatic heterocycles. The predicted molar refractivity (Wildman–Crippen MR) is 73.0 cm³/mol. The van der Waals surface area contributed by atoms with E-state index in [1.807, 2.05) is 0 Å². The molecule has 6 nitrogen and oxygen atoms in total. The molecule has 0 atom stereocenters. The van der Waals surface area contributed by atoms with Gasteiger partial charge in [0.2, 0.25) is 5.91 Å². The summed E-state index contributed by atoms with van der Waals surface area (Å²) in [5.41, 5.74) is 7.43. The van der Waals surface area contributed by atoms with Crippen LogP contribution < -0.4 is 11.1 Å². The Hall–Kier alpha value is -2.50. The molecular formula is C13H15N3O3. The lowest BCUT2D eigenvalue weighted by Gasteiger charge is -2.03. The lowest BCUT2D eigenvalue weighted by molar-refractivity contribution is -0.114. The van der Waals surface area contributed by atoms with Crippen LogP contribution in [0.4, 0.5) is 11.5 Å². The molecule has 1 amide bonds. The molecule has 100 valence electrons. The number of nitrogen functional groups attached to an aromatic ring is 1. The van der Waals surface area contributed by atoms with Gasteiger partial charge >= 0.3 is 5.97 Å². The van der Waals surface area contributed by atoms with Gasteiger partial charge in [-0.2, -0.15) is 0 Å². The van der Waals surface area contributed by atoms with Crippen LogP contribution in [-0.4, -0.2) is 23.5 Å². The van der Waals surface area contributed by atoms with E-state index in [0.29, 0.717) is 22.2 Å². The van der Waals surface area contributed by atoms with Crippen molar-refractivity contribution in [1.29, 1.82) is 0 Å². The SMILES string of the molecule is CCOC(=O)c1c(N)[nH]c2cc(NC(C)=O)ccc12. The summed E-state index contributed by atoms with van der Waals surface area (Å²) in [6.07, 6.45) is 0. The second-order valence-electron chi connectivity index (χ2n) is 4.08. The van der Waals surface area contributed by atoms with E-state index in [2.05, 4.69) is 10.3 Å². The Balaban J connectivity index is 2.47. The third kappa shape index (κ3) is 2.52. The first-order chi connectivity index (χ1) is 9.02. The fraction of sp³-hybridized carbons (Fsp3) is 0.231. The lowest BCUT2D eigenvalue weighted by atomic mass is 10.1. The molecule has 0 unspecified atom stereocenters. The number of hydrogen-bond acceptors (Lipinski definition) is 4. The second-order valence-corrected chi connectivity index (χ2v) is 4.08. The highest BCUT2D eigenvalue weighted by molar-refractivity contribution is 6.09. The summed E-state index contributed by atoms with van der Waals surface area (Å²) in [5, 5.41) is 3.34. The van der Waals surface area contributed by atoms with Crippen molar-refractivity contribution in [1.82, 2.24) is 4.98 Å². The van der Waals surface area contributed by atoms with Gasteiger partial charge in [-0.25, -0.2) is 4.79 Å². The number of carbonyl (C=O) groups is 2. The Kier molecular flexibility index (Phi) is 3.41. The summed E-state index contributed by atoms with van der Waals surface area (Å²) < 4.78 is 4.96. The van der Waals surface area contributed by atoms with Gasteiger partial charge in [-0.05, 0) is 25.1 Å². The van der Waals surface area contributed by atoms with Gasteiger partial charge in [0.25, 0.3) is 0 Å². The minimum absolute atomic E-state index is 0.163. The molecule has 1 aromatic heterocycles. The fourth-order valence-electron chi connectivity index (χ4n) is 1.92. The van der Waals surface area contributed by atoms with Crippen LogP contribution in [0.1, 0.15) is 24.2 Å². The Bertz CT molecular complexity index is 646. The number of aromatic amines is 1. The zero-order chi connectivity index (χ0) is 14.0. The number of hydrogen-bond donors (Lipinski definition) is 3. The summed E-state index contributed by atoms with van der Waals surface area (Å²) >= 11 is 0. The van der Waals surface area contributed by atoms with E-state index in [0.717, 1.165) is 0 Å². The lowest BCUT2D eigenvalue weighted by Crippen LogP contribution is -2.07. The molecule has 2 rings (SSSR count). The quantitative estimate of drug-likeness (QED) is 0.735. The number of carbonyl (C=O) groups excluding carboxylic acids is 2. The molecule has 19 heavy (non-hydrogen) atoms. The molecule has 6 heteroatoms. The monoisotopic (exact) mass is 261 g/mol. The average Bonchev–Trinajstić information content (AvgIpc) is 2.63. The zero-order valence-electron chi connectivity index (χ0n) is 10.7. The Morgan fingerprint density at radius 2 is 2.16 bits per heavy atom. The molecule has 0 radical (unpaired) electrons. The molecule has 0 aliphatic carbocycles. The zero-order valence-corrected chi connectivity index (χ0v) is 10.7. The minimum atomic E-state index is -0.460. The van der Waals surface area contributed by atoms with Crippen molar-refractivity contribution in [3.8, 4) is 0 Å². The Labute approximate surface area is 109 Å². The number of esters is 1. The molecule has 0 aliphatic rings. The van der Waals surface area contributed by atoms with Gasteiger partial charge in [0, 0.05) is 23.5 Å². The van der Waals surface area contributed by atoms with Gasteiger partial charge in [0.15, 0.2) is 0 Å². The maximum atomic E-state index is 11.8. The Morgan fingerprint density at radius 1 is 1.42 bits per heavy atom. The average molecular weight is 261 g/mol. The van der Waals surface area contributed by atoms with Crippen molar-refractivity contribution in [2.45, 2.75) is 13.8 Å². The number of nitrogens with two attached hydrogens (primary N) is 1. The molecule has 0 fully saturated rings. The van der Waals surface area contributed by atoms with Gasteiger partial charge in [0.05, 0.1) is 6.61 Å². The van der Waals surface area contributed by atoms with E-state index in [4.69, 9.17) is 10.5 Å². The van der Waals surface area contributed by atoms with E-state index < -0.39 is 5.97 Å². The molecule has 4 N–H and O–H groups in total. The summed E-state index contributed by atoms with van der Waals surface area (Å²) in [6.45, 7) is 3.45. The molecule has 0 spiro atoms. The highest BCUT2D eigenvalue weighted by atomic mass is 16.5. The number of fused-ring (bicyclic) bond motifs is 1. The highest BCUT2D eigenvalue weighted by Gasteiger charge is 2.18. The summed E-state index contributed by atoms with van der Waals surface area (Å²) in [7, 11) is 0. The second kappa shape index (κ2) is 5.01. The number of ether oxygens (including phenoxy) is 1. The highest BCUT2D eigenvalue weighted by Crippen LogP contribution is 2.27. The number of aromatic nitrogens is 1. The van der Waals surface area contributed by atoms with Crippen LogP contribution in [0.2, 0.25) is 0 Å². The normalized spacial score (nSPS) is 10.4. The molecule has 0 bridgehead atoms. The molecule has 2 aromatic rings. The number of benzene rings is 1.